The van der Waals surface area contributed by atoms with Crippen LogP contribution in [0.15, 0.2) is 218 Å². The van der Waals surface area contributed by atoms with Gasteiger partial charge in [-0.25, -0.2) is 0 Å². The van der Waals surface area contributed by atoms with E-state index >= 15 is 0 Å². The second-order valence-electron chi connectivity index (χ2n) is 16.2. The molecule has 10 aromatic rings. The fourth-order valence-corrected chi connectivity index (χ4v) is 9.55. The molecule has 1 heterocycles. The van der Waals surface area contributed by atoms with Crippen molar-refractivity contribution in [3.8, 4) is 50.2 Å². The third-order valence-corrected chi connectivity index (χ3v) is 12.4. The lowest BCUT2D eigenvalue weighted by Crippen LogP contribution is -2.15. The molecule has 0 radical (unpaired) electrons. The van der Waals surface area contributed by atoms with Gasteiger partial charge in [0.25, 0.3) is 0 Å². The van der Waals surface area contributed by atoms with Gasteiger partial charge in [0.05, 0.1) is 11.0 Å². The van der Waals surface area contributed by atoms with Crippen molar-refractivity contribution in [1.29, 1.82) is 0 Å². The average molecular weight is 755 g/mol. The summed E-state index contributed by atoms with van der Waals surface area (Å²) in [6.45, 7) is 4.79. The Morgan fingerprint density at radius 3 is 1.56 bits per heavy atom. The van der Waals surface area contributed by atoms with Gasteiger partial charge in [-0.3, -0.25) is 0 Å². The summed E-state index contributed by atoms with van der Waals surface area (Å²) < 4.78 is 2.49. The van der Waals surface area contributed by atoms with Gasteiger partial charge in [0, 0.05) is 38.9 Å². The maximum Gasteiger partial charge on any atom is 0.0562 e. The van der Waals surface area contributed by atoms with Crippen LogP contribution in [0.4, 0.5) is 17.1 Å². The molecular weight excluding hydrogens is 713 g/mol. The van der Waals surface area contributed by atoms with Crippen molar-refractivity contribution < 1.29 is 0 Å². The predicted octanol–water partition coefficient (Wildman–Crippen LogP) is 15.6. The zero-order chi connectivity index (χ0) is 39.5. The van der Waals surface area contributed by atoms with Crippen molar-refractivity contribution in [2.45, 2.75) is 19.3 Å². The fraction of sp³-hybridized carbons (Fsp3) is 0.0526. The van der Waals surface area contributed by atoms with Crippen LogP contribution in [0.25, 0.3) is 72.0 Å². The Kier molecular flexibility index (Phi) is 8.20. The highest BCUT2D eigenvalue weighted by Gasteiger charge is 2.38. The first-order valence-corrected chi connectivity index (χ1v) is 20.5. The van der Waals surface area contributed by atoms with Crippen LogP contribution in [0.2, 0.25) is 0 Å². The number of aromatic nitrogens is 1. The number of rotatable bonds is 7. The number of hydrogen-bond acceptors (Lipinski definition) is 1. The van der Waals surface area contributed by atoms with E-state index in [1.54, 1.807) is 0 Å². The van der Waals surface area contributed by atoms with Crippen LogP contribution in [0.5, 0.6) is 0 Å². The Morgan fingerprint density at radius 2 is 0.898 bits per heavy atom. The Bertz CT molecular complexity index is 3140. The summed E-state index contributed by atoms with van der Waals surface area (Å²) in [5.41, 5.74) is 19.3. The predicted molar refractivity (Wildman–Crippen MR) is 249 cm³/mol. The quantitative estimate of drug-likeness (QED) is 0.157. The van der Waals surface area contributed by atoms with Gasteiger partial charge in [0.1, 0.15) is 0 Å². The molecule has 280 valence electrons. The van der Waals surface area contributed by atoms with Crippen LogP contribution >= 0.6 is 0 Å². The molecule has 0 spiro atoms. The summed E-state index contributed by atoms with van der Waals surface area (Å²) in [5.74, 6) is 0. The highest BCUT2D eigenvalue weighted by molar-refractivity contribution is 6.15. The Balaban J connectivity index is 1.15. The van der Waals surface area contributed by atoms with Crippen molar-refractivity contribution >= 4 is 38.9 Å². The molecule has 11 rings (SSSR count). The molecule has 0 bridgehead atoms. The van der Waals surface area contributed by atoms with Crippen LogP contribution < -0.4 is 4.90 Å². The van der Waals surface area contributed by atoms with Gasteiger partial charge in [-0.1, -0.05) is 178 Å². The maximum absolute atomic E-state index is 2.49. The Morgan fingerprint density at radius 1 is 0.373 bits per heavy atom. The Labute approximate surface area is 345 Å². The third kappa shape index (κ3) is 5.79. The molecule has 0 saturated carbocycles. The van der Waals surface area contributed by atoms with E-state index in [0.717, 1.165) is 22.7 Å². The van der Waals surface area contributed by atoms with E-state index in [4.69, 9.17) is 0 Å². The number of benzene rings is 9. The zero-order valence-corrected chi connectivity index (χ0v) is 33.2. The molecule has 0 atom stereocenters. The highest BCUT2D eigenvalue weighted by Crippen LogP contribution is 2.53. The van der Waals surface area contributed by atoms with Gasteiger partial charge in [-0.15, -0.1) is 0 Å². The van der Waals surface area contributed by atoms with E-state index < -0.39 is 0 Å². The zero-order valence-electron chi connectivity index (χ0n) is 33.2. The lowest BCUT2D eigenvalue weighted by molar-refractivity contribution is 0.666. The lowest BCUT2D eigenvalue weighted by atomic mass is 9.80. The number of fused-ring (bicyclic) bond motifs is 7. The summed E-state index contributed by atoms with van der Waals surface area (Å²) in [7, 11) is 0. The fourth-order valence-electron chi connectivity index (χ4n) is 9.55. The molecule has 0 amide bonds. The van der Waals surface area contributed by atoms with Gasteiger partial charge < -0.3 is 9.47 Å². The van der Waals surface area contributed by atoms with Crippen molar-refractivity contribution in [3.63, 3.8) is 0 Å². The van der Waals surface area contributed by atoms with Crippen LogP contribution in [0.1, 0.15) is 25.0 Å². The summed E-state index contributed by atoms with van der Waals surface area (Å²) in [6.07, 6.45) is 0. The first-order valence-electron chi connectivity index (χ1n) is 20.5. The summed E-state index contributed by atoms with van der Waals surface area (Å²) in [6, 6.07) is 79.7. The van der Waals surface area contributed by atoms with Gasteiger partial charge in [-0.05, 0) is 110 Å². The summed E-state index contributed by atoms with van der Waals surface area (Å²) in [5, 5.41) is 2.58. The van der Waals surface area contributed by atoms with E-state index in [9.17, 15) is 0 Å². The van der Waals surface area contributed by atoms with E-state index in [1.807, 2.05) is 0 Å². The molecule has 2 heteroatoms. The molecule has 9 aromatic carbocycles. The molecular formula is C57H42N2. The summed E-state index contributed by atoms with van der Waals surface area (Å²) >= 11 is 0. The Hall–Kier alpha value is -7.42. The monoisotopic (exact) mass is 754 g/mol. The minimum atomic E-state index is -0.162. The lowest BCUT2D eigenvalue weighted by Gasteiger charge is -2.26. The average Bonchev–Trinajstić information content (AvgIpc) is 3.75. The van der Waals surface area contributed by atoms with Gasteiger partial charge >= 0.3 is 0 Å². The standard InChI is InChI=1S/C57H42N2/c1-57(2)52-24-13-12-23-49(52)50-35-36-53-55(56(50)57)51-34-33-48(38-54(51)59(53)46-31-27-43(28-32-46)40-17-8-4-9-18-40)58(45-29-25-42(26-30-45)39-15-6-3-7-16-39)47-22-14-21-44(37-47)41-19-10-5-11-20-41/h3-38H,1-2H3. The molecule has 0 saturated heterocycles. The van der Waals surface area contributed by atoms with Gasteiger partial charge in [-0.2, -0.15) is 0 Å². The van der Waals surface area contributed by atoms with Crippen molar-refractivity contribution in [3.05, 3.63) is 230 Å². The largest absolute Gasteiger partial charge is 0.310 e. The minimum Gasteiger partial charge on any atom is -0.310 e. The van der Waals surface area contributed by atoms with E-state index in [2.05, 4.69) is 242 Å². The van der Waals surface area contributed by atoms with Gasteiger partial charge in [0.15, 0.2) is 0 Å². The minimum absolute atomic E-state index is 0.162. The SMILES string of the molecule is CC1(C)c2ccccc2-c2ccc3c(c21)c1ccc(N(c2ccc(-c4ccccc4)cc2)c2cccc(-c4ccccc4)c2)cc1n3-c1ccc(-c2ccccc2)cc1. The molecule has 0 N–H and O–H groups in total. The molecule has 0 aliphatic heterocycles. The molecule has 2 nitrogen and oxygen atoms in total. The van der Waals surface area contributed by atoms with Crippen molar-refractivity contribution in [1.82, 2.24) is 4.57 Å². The first kappa shape index (κ1) is 34.8. The van der Waals surface area contributed by atoms with Crippen LogP contribution in [-0.4, -0.2) is 4.57 Å². The van der Waals surface area contributed by atoms with Crippen LogP contribution in [0.3, 0.4) is 0 Å². The molecule has 59 heavy (non-hydrogen) atoms. The molecule has 0 unspecified atom stereocenters. The number of nitrogens with zero attached hydrogens (tertiary/aromatic N) is 2. The summed E-state index contributed by atoms with van der Waals surface area (Å²) in [4.78, 5) is 2.41. The number of anilines is 3. The maximum atomic E-state index is 2.49. The third-order valence-electron chi connectivity index (χ3n) is 12.4. The highest BCUT2D eigenvalue weighted by atomic mass is 15.1. The topological polar surface area (TPSA) is 8.17 Å². The van der Waals surface area contributed by atoms with Crippen LogP contribution in [0, 0.1) is 0 Å². The molecule has 1 aromatic heterocycles. The molecule has 1 aliphatic carbocycles. The van der Waals surface area contributed by atoms with Crippen molar-refractivity contribution in [2.75, 3.05) is 4.90 Å². The second-order valence-corrected chi connectivity index (χ2v) is 16.2. The molecule has 0 fully saturated rings. The van der Waals surface area contributed by atoms with E-state index in [0.29, 0.717) is 0 Å². The van der Waals surface area contributed by atoms with E-state index in [-0.39, 0.29) is 5.41 Å². The van der Waals surface area contributed by atoms with E-state index in [1.165, 1.54) is 77.4 Å². The number of hydrogen-bond donors (Lipinski definition) is 0. The normalized spacial score (nSPS) is 12.7. The smallest absolute Gasteiger partial charge is 0.0562 e. The van der Waals surface area contributed by atoms with Crippen molar-refractivity contribution in [2.24, 2.45) is 0 Å². The van der Waals surface area contributed by atoms with Gasteiger partial charge in [0.2, 0.25) is 0 Å². The van der Waals surface area contributed by atoms with Crippen LogP contribution in [-0.2, 0) is 5.41 Å². The second kappa shape index (κ2) is 13.9. The first-order chi connectivity index (χ1) is 29.0. The molecule has 1 aliphatic rings.